The molecule has 4 heteroatoms. The van der Waals surface area contributed by atoms with E-state index in [1.807, 2.05) is 13.0 Å². The van der Waals surface area contributed by atoms with Crippen LogP contribution in [0.2, 0.25) is 0 Å². The fourth-order valence-corrected chi connectivity index (χ4v) is 1.62. The van der Waals surface area contributed by atoms with Gasteiger partial charge in [-0.25, -0.2) is 0 Å². The molecule has 0 aromatic heterocycles. The average Bonchev–Trinajstić information content (AvgIpc) is 2.19. The minimum Gasteiger partial charge on any atom is -0.352 e. The van der Waals surface area contributed by atoms with Gasteiger partial charge in [0.25, 0.3) is 0 Å². The minimum atomic E-state index is -0.0329. The number of carbonyl (C=O) groups excluding carboxylic acids is 1. The first-order valence-corrected chi connectivity index (χ1v) is 5.12. The summed E-state index contributed by atoms with van der Waals surface area (Å²) < 4.78 is 0. The third kappa shape index (κ3) is 3.35. The highest BCUT2D eigenvalue weighted by Crippen LogP contribution is 2.10. The highest BCUT2D eigenvalue weighted by atomic mass is 16.1. The molecule has 0 spiro atoms. The van der Waals surface area contributed by atoms with E-state index in [4.69, 9.17) is 5.26 Å². The molecule has 1 heterocycles. The van der Waals surface area contributed by atoms with Crippen molar-refractivity contribution in [2.24, 2.45) is 5.92 Å². The number of nitriles is 1. The van der Waals surface area contributed by atoms with Crippen LogP contribution in [0.5, 0.6) is 0 Å². The normalized spacial score (nSPS) is 23.6. The molecule has 1 unspecified atom stereocenters. The first-order chi connectivity index (χ1) is 6.74. The maximum absolute atomic E-state index is 11.6. The highest BCUT2D eigenvalue weighted by Gasteiger charge is 2.21. The lowest BCUT2D eigenvalue weighted by Crippen LogP contribution is -2.43. The Bertz CT molecular complexity index is 228. The molecule has 0 aromatic carbocycles. The monoisotopic (exact) mass is 195 g/mol. The first kappa shape index (κ1) is 11.0. The van der Waals surface area contributed by atoms with Gasteiger partial charge < -0.3 is 10.6 Å². The van der Waals surface area contributed by atoms with Gasteiger partial charge in [-0.2, -0.15) is 5.26 Å². The topological polar surface area (TPSA) is 64.9 Å². The molecule has 4 nitrogen and oxygen atoms in total. The summed E-state index contributed by atoms with van der Waals surface area (Å²) in [5.74, 6) is 0.171. The van der Waals surface area contributed by atoms with Crippen molar-refractivity contribution in [1.29, 1.82) is 5.26 Å². The molecule has 14 heavy (non-hydrogen) atoms. The minimum absolute atomic E-state index is 0.0329. The summed E-state index contributed by atoms with van der Waals surface area (Å²) in [6.07, 6.45) is 2.40. The second-order valence-electron chi connectivity index (χ2n) is 3.82. The quantitative estimate of drug-likeness (QED) is 0.685. The van der Waals surface area contributed by atoms with Crippen molar-refractivity contribution >= 4 is 5.91 Å². The Kier molecular flexibility index (Phi) is 4.41. The van der Waals surface area contributed by atoms with Crippen LogP contribution >= 0.6 is 0 Å². The molecule has 1 saturated heterocycles. The van der Waals surface area contributed by atoms with Crippen LogP contribution in [0.1, 0.15) is 26.2 Å². The largest absolute Gasteiger partial charge is 0.352 e. The summed E-state index contributed by atoms with van der Waals surface area (Å²) in [7, 11) is 0. The molecule has 1 aliphatic heterocycles. The summed E-state index contributed by atoms with van der Waals surface area (Å²) in [4.78, 5) is 11.6. The molecule has 0 saturated carbocycles. The number of piperidine rings is 1. The van der Waals surface area contributed by atoms with Crippen LogP contribution in [-0.4, -0.2) is 25.0 Å². The van der Waals surface area contributed by atoms with Crippen molar-refractivity contribution in [2.45, 2.75) is 32.2 Å². The fourth-order valence-electron chi connectivity index (χ4n) is 1.62. The van der Waals surface area contributed by atoms with E-state index in [-0.39, 0.29) is 17.9 Å². The predicted octanol–water partition coefficient (Wildman–Crippen LogP) is 0.404. The maximum atomic E-state index is 11.6. The lowest BCUT2D eigenvalue weighted by Gasteiger charge is -2.23. The Morgan fingerprint density at radius 1 is 1.79 bits per heavy atom. The van der Waals surface area contributed by atoms with Gasteiger partial charge in [-0.15, -0.1) is 0 Å². The van der Waals surface area contributed by atoms with Crippen LogP contribution < -0.4 is 10.6 Å². The van der Waals surface area contributed by atoms with Crippen molar-refractivity contribution in [2.75, 3.05) is 13.1 Å². The molecule has 1 amide bonds. The zero-order valence-corrected chi connectivity index (χ0v) is 8.55. The van der Waals surface area contributed by atoms with Gasteiger partial charge in [0.1, 0.15) is 0 Å². The molecular formula is C10H17N3O. The Labute approximate surface area is 84.7 Å². The summed E-state index contributed by atoms with van der Waals surface area (Å²) in [6.45, 7) is 3.64. The van der Waals surface area contributed by atoms with Crippen molar-refractivity contribution in [3.05, 3.63) is 0 Å². The Hall–Kier alpha value is -1.08. The van der Waals surface area contributed by atoms with Crippen molar-refractivity contribution in [3.8, 4) is 6.07 Å². The molecular weight excluding hydrogens is 178 g/mol. The molecule has 0 aliphatic carbocycles. The van der Waals surface area contributed by atoms with Gasteiger partial charge in [-0.1, -0.05) is 0 Å². The standard InChI is InChI=1S/C10H17N3O/c1-8(4-5-11)13-10(14)9-3-2-6-12-7-9/h8-9,12H,2-4,6-7H2,1H3,(H,13,14)/t8?,9-/m0/s1. The smallest absolute Gasteiger partial charge is 0.224 e. The Morgan fingerprint density at radius 2 is 2.57 bits per heavy atom. The number of rotatable bonds is 3. The van der Waals surface area contributed by atoms with Gasteiger partial charge >= 0.3 is 0 Å². The molecule has 1 rings (SSSR count). The number of hydrogen-bond donors (Lipinski definition) is 2. The van der Waals surface area contributed by atoms with Gasteiger partial charge in [0.05, 0.1) is 18.4 Å². The predicted molar refractivity (Wildman–Crippen MR) is 53.4 cm³/mol. The van der Waals surface area contributed by atoms with Crippen LogP contribution in [0.4, 0.5) is 0 Å². The molecule has 0 radical (unpaired) electrons. The van der Waals surface area contributed by atoms with Crippen LogP contribution in [0.25, 0.3) is 0 Å². The number of carbonyl (C=O) groups is 1. The molecule has 0 aromatic rings. The molecule has 2 N–H and O–H groups in total. The van der Waals surface area contributed by atoms with Crippen LogP contribution in [0, 0.1) is 17.2 Å². The molecule has 78 valence electrons. The van der Waals surface area contributed by atoms with Gasteiger partial charge in [0.2, 0.25) is 5.91 Å². The third-order valence-corrected chi connectivity index (χ3v) is 2.45. The summed E-state index contributed by atoms with van der Waals surface area (Å²) >= 11 is 0. The van der Waals surface area contributed by atoms with Crippen LogP contribution in [0.15, 0.2) is 0 Å². The molecule has 2 atom stereocenters. The van der Waals surface area contributed by atoms with E-state index in [0.29, 0.717) is 6.42 Å². The van der Waals surface area contributed by atoms with Crippen molar-refractivity contribution < 1.29 is 4.79 Å². The average molecular weight is 195 g/mol. The number of amides is 1. The van der Waals surface area contributed by atoms with E-state index >= 15 is 0 Å². The summed E-state index contributed by atoms with van der Waals surface area (Å²) in [5.41, 5.74) is 0. The molecule has 0 bridgehead atoms. The fraction of sp³-hybridized carbons (Fsp3) is 0.800. The third-order valence-electron chi connectivity index (χ3n) is 2.45. The summed E-state index contributed by atoms with van der Waals surface area (Å²) in [5, 5.41) is 14.5. The lowest BCUT2D eigenvalue weighted by molar-refractivity contribution is -0.126. The first-order valence-electron chi connectivity index (χ1n) is 5.12. The maximum Gasteiger partial charge on any atom is 0.224 e. The second kappa shape index (κ2) is 5.61. The number of nitrogens with zero attached hydrogens (tertiary/aromatic N) is 1. The van der Waals surface area contributed by atoms with E-state index in [2.05, 4.69) is 10.6 Å². The lowest BCUT2D eigenvalue weighted by atomic mass is 9.98. The van der Waals surface area contributed by atoms with Gasteiger partial charge in [0, 0.05) is 12.6 Å². The van der Waals surface area contributed by atoms with E-state index < -0.39 is 0 Å². The van der Waals surface area contributed by atoms with Gasteiger partial charge in [-0.3, -0.25) is 4.79 Å². The van der Waals surface area contributed by atoms with Crippen LogP contribution in [0.3, 0.4) is 0 Å². The summed E-state index contributed by atoms with van der Waals surface area (Å²) in [6, 6.07) is 2.01. The highest BCUT2D eigenvalue weighted by molar-refractivity contribution is 5.79. The van der Waals surface area contributed by atoms with E-state index in [9.17, 15) is 4.79 Å². The van der Waals surface area contributed by atoms with Crippen molar-refractivity contribution in [1.82, 2.24) is 10.6 Å². The Balaban J connectivity index is 2.30. The Morgan fingerprint density at radius 3 is 3.14 bits per heavy atom. The van der Waals surface area contributed by atoms with Gasteiger partial charge in [-0.05, 0) is 26.3 Å². The molecule has 1 aliphatic rings. The van der Waals surface area contributed by atoms with Crippen molar-refractivity contribution in [3.63, 3.8) is 0 Å². The number of hydrogen-bond acceptors (Lipinski definition) is 3. The zero-order chi connectivity index (χ0) is 10.4. The van der Waals surface area contributed by atoms with Crippen LogP contribution in [-0.2, 0) is 4.79 Å². The zero-order valence-electron chi connectivity index (χ0n) is 8.55. The van der Waals surface area contributed by atoms with E-state index in [1.54, 1.807) is 0 Å². The SMILES string of the molecule is CC(CC#N)NC(=O)[C@H]1CCCNC1. The van der Waals surface area contributed by atoms with Gasteiger partial charge in [0.15, 0.2) is 0 Å². The van der Waals surface area contributed by atoms with E-state index in [1.165, 1.54) is 0 Å². The van der Waals surface area contributed by atoms with E-state index in [0.717, 1.165) is 25.9 Å². The second-order valence-corrected chi connectivity index (χ2v) is 3.82. The molecule has 1 fully saturated rings. The number of nitrogens with one attached hydrogen (secondary N) is 2.